The number of alkyl halides is 1. The van der Waals surface area contributed by atoms with Crippen LogP contribution in [-0.2, 0) is 4.74 Å². The molecule has 0 aliphatic heterocycles. The molecule has 0 bridgehead atoms. The molecule has 0 amide bonds. The SMILES string of the molecule is COC[C@H](CF)n1cc(C)c2nc(-c3ccc(C(C)C)nc3OC)c(C)nc21. The Morgan fingerprint density at radius 1 is 1.11 bits per heavy atom. The van der Waals surface area contributed by atoms with E-state index >= 15 is 0 Å². The van der Waals surface area contributed by atoms with Crippen LogP contribution in [0, 0.1) is 13.8 Å². The number of aromatic nitrogens is 4. The third-order valence-corrected chi connectivity index (χ3v) is 4.85. The Labute approximate surface area is 164 Å². The number of hydrogen-bond donors (Lipinski definition) is 0. The number of ether oxygens (including phenoxy) is 2. The number of halogens is 1. The van der Waals surface area contributed by atoms with E-state index in [0.717, 1.165) is 33.7 Å². The topological polar surface area (TPSA) is 62.1 Å². The highest BCUT2D eigenvalue weighted by molar-refractivity contribution is 5.81. The lowest BCUT2D eigenvalue weighted by molar-refractivity contribution is 0.142. The molecule has 0 aromatic carbocycles. The summed E-state index contributed by atoms with van der Waals surface area (Å²) in [5, 5.41) is 0. The van der Waals surface area contributed by atoms with Gasteiger partial charge in [-0.15, -0.1) is 0 Å². The molecule has 6 nitrogen and oxygen atoms in total. The van der Waals surface area contributed by atoms with Gasteiger partial charge in [0.25, 0.3) is 0 Å². The molecule has 0 spiro atoms. The summed E-state index contributed by atoms with van der Waals surface area (Å²) in [6.07, 6.45) is 1.88. The van der Waals surface area contributed by atoms with E-state index in [1.165, 1.54) is 0 Å². The normalized spacial score (nSPS) is 12.7. The standard InChI is InChI=1S/C21H27FN4O2/c1-12(2)17-8-7-16(21(24-17)28-6)19-14(4)23-20-18(25-19)13(3)10-26(20)15(9-22)11-27-5/h7-8,10,12,15H,9,11H2,1-6H3/t15-/m0/s1. The van der Waals surface area contributed by atoms with Gasteiger partial charge in [0.05, 0.1) is 36.7 Å². The van der Waals surface area contributed by atoms with Gasteiger partial charge in [-0.2, -0.15) is 0 Å². The lowest BCUT2D eigenvalue weighted by atomic mass is 10.1. The molecule has 1 atom stereocenters. The lowest BCUT2D eigenvalue weighted by Gasteiger charge is -2.16. The summed E-state index contributed by atoms with van der Waals surface area (Å²) in [6, 6.07) is 3.54. The zero-order valence-corrected chi connectivity index (χ0v) is 17.3. The van der Waals surface area contributed by atoms with E-state index in [0.29, 0.717) is 17.4 Å². The Bertz CT molecular complexity index is 984. The van der Waals surface area contributed by atoms with E-state index in [-0.39, 0.29) is 6.61 Å². The van der Waals surface area contributed by atoms with Gasteiger partial charge in [0, 0.05) is 19.0 Å². The minimum absolute atomic E-state index is 0.274. The predicted molar refractivity (Wildman–Crippen MR) is 108 cm³/mol. The van der Waals surface area contributed by atoms with Crippen LogP contribution in [0.1, 0.15) is 42.8 Å². The van der Waals surface area contributed by atoms with Gasteiger partial charge in [-0.05, 0) is 37.5 Å². The molecule has 3 rings (SSSR count). The maximum Gasteiger partial charge on any atom is 0.222 e. The zero-order valence-electron chi connectivity index (χ0n) is 17.3. The predicted octanol–water partition coefficient (Wildman–Crippen LogP) is 4.40. The summed E-state index contributed by atoms with van der Waals surface area (Å²) in [5.74, 6) is 0.827. The van der Waals surface area contributed by atoms with Crippen molar-refractivity contribution < 1.29 is 13.9 Å². The second-order valence-corrected chi connectivity index (χ2v) is 7.26. The monoisotopic (exact) mass is 386 g/mol. The van der Waals surface area contributed by atoms with E-state index in [2.05, 4.69) is 18.8 Å². The molecule has 7 heteroatoms. The van der Waals surface area contributed by atoms with Crippen LogP contribution in [0.3, 0.4) is 0 Å². The number of pyridine rings is 1. The average molecular weight is 386 g/mol. The lowest BCUT2D eigenvalue weighted by Crippen LogP contribution is -2.16. The third kappa shape index (κ3) is 3.58. The van der Waals surface area contributed by atoms with Crippen molar-refractivity contribution in [1.82, 2.24) is 19.5 Å². The molecule has 150 valence electrons. The van der Waals surface area contributed by atoms with E-state index in [1.54, 1.807) is 14.2 Å². The third-order valence-electron chi connectivity index (χ3n) is 4.85. The number of aryl methyl sites for hydroxylation is 2. The van der Waals surface area contributed by atoms with Crippen LogP contribution < -0.4 is 4.74 Å². The second kappa shape index (κ2) is 8.22. The molecule has 0 unspecified atom stereocenters. The molecule has 28 heavy (non-hydrogen) atoms. The summed E-state index contributed by atoms with van der Waals surface area (Å²) < 4.78 is 26.0. The fourth-order valence-corrected chi connectivity index (χ4v) is 3.32. The molecular formula is C21H27FN4O2. The Hall–Kier alpha value is -2.54. The second-order valence-electron chi connectivity index (χ2n) is 7.26. The van der Waals surface area contributed by atoms with E-state index in [9.17, 15) is 4.39 Å². The van der Waals surface area contributed by atoms with Crippen molar-refractivity contribution in [3.8, 4) is 17.1 Å². The summed E-state index contributed by atoms with van der Waals surface area (Å²) in [5.41, 5.74) is 5.54. The van der Waals surface area contributed by atoms with Gasteiger partial charge in [0.15, 0.2) is 5.65 Å². The first-order chi connectivity index (χ1) is 13.4. The first-order valence-corrected chi connectivity index (χ1v) is 9.37. The van der Waals surface area contributed by atoms with E-state index in [1.807, 2.05) is 36.7 Å². The smallest absolute Gasteiger partial charge is 0.222 e. The van der Waals surface area contributed by atoms with Gasteiger partial charge < -0.3 is 14.0 Å². The first kappa shape index (κ1) is 20.2. The summed E-state index contributed by atoms with van der Waals surface area (Å²) in [4.78, 5) is 14.2. The first-order valence-electron chi connectivity index (χ1n) is 9.37. The van der Waals surface area contributed by atoms with Crippen molar-refractivity contribution in [3.63, 3.8) is 0 Å². The van der Waals surface area contributed by atoms with Gasteiger partial charge in [-0.1, -0.05) is 13.8 Å². The fraction of sp³-hybridized carbons (Fsp3) is 0.476. The van der Waals surface area contributed by atoms with Crippen molar-refractivity contribution in [2.75, 3.05) is 27.5 Å². The Balaban J connectivity index is 2.17. The number of hydrogen-bond acceptors (Lipinski definition) is 5. The molecule has 0 saturated heterocycles. The summed E-state index contributed by atoms with van der Waals surface area (Å²) >= 11 is 0. The fourth-order valence-electron chi connectivity index (χ4n) is 3.32. The highest BCUT2D eigenvalue weighted by atomic mass is 19.1. The maximum atomic E-state index is 13.5. The zero-order chi connectivity index (χ0) is 20.4. The van der Waals surface area contributed by atoms with Crippen molar-refractivity contribution in [3.05, 3.63) is 35.3 Å². The minimum atomic E-state index is -0.534. The molecule has 3 aromatic heterocycles. The summed E-state index contributed by atoms with van der Waals surface area (Å²) in [6.45, 7) is 7.76. The number of rotatable bonds is 7. The Morgan fingerprint density at radius 2 is 1.86 bits per heavy atom. The molecule has 0 aliphatic rings. The van der Waals surface area contributed by atoms with Crippen LogP contribution in [0.5, 0.6) is 5.88 Å². The maximum absolute atomic E-state index is 13.5. The van der Waals surface area contributed by atoms with Gasteiger partial charge >= 0.3 is 0 Å². The quantitative estimate of drug-likeness (QED) is 0.602. The van der Waals surface area contributed by atoms with Gasteiger partial charge in [-0.25, -0.2) is 19.3 Å². The van der Waals surface area contributed by atoms with Crippen LogP contribution in [0.4, 0.5) is 4.39 Å². The van der Waals surface area contributed by atoms with Crippen LogP contribution in [0.15, 0.2) is 18.3 Å². The number of fused-ring (bicyclic) bond motifs is 1. The van der Waals surface area contributed by atoms with Crippen LogP contribution in [0.2, 0.25) is 0 Å². The largest absolute Gasteiger partial charge is 0.480 e. The highest BCUT2D eigenvalue weighted by Crippen LogP contribution is 2.33. The molecule has 0 aliphatic carbocycles. The molecule has 3 heterocycles. The molecule has 3 aromatic rings. The van der Waals surface area contributed by atoms with Crippen LogP contribution in [-0.4, -0.2) is 47.0 Å². The number of methoxy groups -OCH3 is 2. The van der Waals surface area contributed by atoms with Gasteiger partial charge in [0.2, 0.25) is 5.88 Å². The van der Waals surface area contributed by atoms with Crippen LogP contribution in [0.25, 0.3) is 22.4 Å². The van der Waals surface area contributed by atoms with Crippen molar-refractivity contribution in [2.45, 2.75) is 39.7 Å². The molecule has 0 saturated carbocycles. The molecule has 0 radical (unpaired) electrons. The number of nitrogens with zero attached hydrogens (tertiary/aromatic N) is 4. The van der Waals surface area contributed by atoms with Crippen molar-refractivity contribution in [1.29, 1.82) is 0 Å². The Kier molecular flexibility index (Phi) is 5.93. The van der Waals surface area contributed by atoms with Crippen molar-refractivity contribution in [2.24, 2.45) is 0 Å². The average Bonchev–Trinajstić information content (AvgIpc) is 3.00. The molecular weight excluding hydrogens is 359 g/mol. The highest BCUT2D eigenvalue weighted by Gasteiger charge is 2.21. The Morgan fingerprint density at radius 3 is 2.46 bits per heavy atom. The summed E-state index contributed by atoms with van der Waals surface area (Å²) in [7, 11) is 3.17. The minimum Gasteiger partial charge on any atom is -0.480 e. The van der Waals surface area contributed by atoms with E-state index in [4.69, 9.17) is 19.4 Å². The van der Waals surface area contributed by atoms with Crippen LogP contribution >= 0.6 is 0 Å². The van der Waals surface area contributed by atoms with Crippen molar-refractivity contribution >= 4 is 11.2 Å². The van der Waals surface area contributed by atoms with Gasteiger partial charge in [0.1, 0.15) is 12.2 Å². The molecule has 0 fully saturated rings. The van der Waals surface area contributed by atoms with Gasteiger partial charge in [-0.3, -0.25) is 0 Å². The van der Waals surface area contributed by atoms with E-state index < -0.39 is 12.7 Å². The molecule has 0 N–H and O–H groups in total.